The van der Waals surface area contributed by atoms with Crippen molar-refractivity contribution >= 4 is 18.7 Å². The van der Waals surface area contributed by atoms with Crippen LogP contribution in [0.2, 0.25) is 0 Å². The topological polar surface area (TPSA) is 27.7 Å². The molecule has 0 heterocycles. The van der Waals surface area contributed by atoms with E-state index in [1.807, 2.05) is 72.8 Å². The number of rotatable bonds is 14. The highest BCUT2D eigenvalue weighted by atomic mass is 32.1. The van der Waals surface area contributed by atoms with Crippen LogP contribution in [0.1, 0.15) is 22.3 Å². The third kappa shape index (κ3) is 9.34. The van der Waals surface area contributed by atoms with Gasteiger partial charge in [-0.3, -0.25) is 0 Å². The summed E-state index contributed by atoms with van der Waals surface area (Å²) in [4.78, 5) is 0. The zero-order valence-electron chi connectivity index (χ0n) is 20.9. The van der Waals surface area contributed by atoms with Crippen LogP contribution in [0, 0.1) is 0 Å². The first-order valence-electron chi connectivity index (χ1n) is 12.6. The molecule has 4 aromatic rings. The minimum absolute atomic E-state index is 0.200. The van der Waals surface area contributed by atoms with Crippen molar-refractivity contribution in [2.75, 3.05) is 6.61 Å². The molecular formula is C33H34O3S. The first-order valence-corrected chi connectivity index (χ1v) is 13.1. The highest BCUT2D eigenvalue weighted by Gasteiger charge is 2.28. The summed E-state index contributed by atoms with van der Waals surface area (Å²) in [6.45, 7) is 1.90. The third-order valence-electron chi connectivity index (χ3n) is 5.95. The fraction of sp³-hybridized carbons (Fsp3) is 0.212. The molecule has 0 fully saturated rings. The summed E-state index contributed by atoms with van der Waals surface area (Å²) in [7, 11) is 0. The molecule has 0 bridgehead atoms. The molecule has 4 rings (SSSR count). The van der Waals surface area contributed by atoms with Gasteiger partial charge in [0.15, 0.2) is 0 Å². The minimum atomic E-state index is -0.331. The minimum Gasteiger partial charge on any atom is -0.376 e. The Morgan fingerprint density at radius 2 is 1.03 bits per heavy atom. The number of thiol groups is 1. The van der Waals surface area contributed by atoms with Crippen LogP contribution < -0.4 is 0 Å². The van der Waals surface area contributed by atoms with E-state index in [4.69, 9.17) is 26.8 Å². The lowest BCUT2D eigenvalue weighted by Gasteiger charge is -2.30. The van der Waals surface area contributed by atoms with Crippen molar-refractivity contribution in [3.8, 4) is 0 Å². The summed E-state index contributed by atoms with van der Waals surface area (Å²) in [5.74, 6) is 0. The monoisotopic (exact) mass is 510 g/mol. The van der Waals surface area contributed by atoms with E-state index in [9.17, 15) is 0 Å². The molecule has 3 atom stereocenters. The normalized spacial score (nSPS) is 13.9. The molecule has 0 aliphatic heterocycles. The summed E-state index contributed by atoms with van der Waals surface area (Å²) in [5, 5.41) is -0.200. The standard InChI is InChI=1S/C33H34O3S/c37-32(26-34-23-28-15-7-2-8-16-28)33(36-25-30-19-11-4-12-20-30)31(22-21-27-13-5-1-6-14-27)35-24-29-17-9-3-10-18-29/h1-22,31-33,37H,23-26H2/b22-21+/t31-,32+,33+/m1/s1. The Kier molecular flexibility index (Phi) is 11.0. The Morgan fingerprint density at radius 1 is 0.568 bits per heavy atom. The van der Waals surface area contributed by atoms with E-state index in [-0.39, 0.29) is 17.5 Å². The second-order valence-electron chi connectivity index (χ2n) is 8.86. The fourth-order valence-corrected chi connectivity index (χ4v) is 4.32. The summed E-state index contributed by atoms with van der Waals surface area (Å²) >= 11 is 4.95. The van der Waals surface area contributed by atoms with E-state index < -0.39 is 0 Å². The summed E-state index contributed by atoms with van der Waals surface area (Å²) < 4.78 is 19.0. The number of benzene rings is 4. The maximum atomic E-state index is 6.50. The van der Waals surface area contributed by atoms with Crippen LogP contribution in [0.25, 0.3) is 6.08 Å². The first-order chi connectivity index (χ1) is 18.3. The molecule has 4 aromatic carbocycles. The third-order valence-corrected chi connectivity index (χ3v) is 6.39. The molecule has 0 aromatic heterocycles. The van der Waals surface area contributed by atoms with E-state index in [2.05, 4.69) is 60.7 Å². The molecule has 4 heteroatoms. The highest BCUT2D eigenvalue weighted by molar-refractivity contribution is 7.81. The number of hydrogen-bond acceptors (Lipinski definition) is 4. The molecule has 0 spiro atoms. The number of hydrogen-bond donors (Lipinski definition) is 1. The lowest BCUT2D eigenvalue weighted by atomic mass is 10.1. The quantitative estimate of drug-likeness (QED) is 0.179. The summed E-state index contributed by atoms with van der Waals surface area (Å²) in [6.07, 6.45) is 3.50. The maximum Gasteiger partial charge on any atom is 0.104 e. The van der Waals surface area contributed by atoms with Crippen LogP contribution in [-0.2, 0) is 34.0 Å². The Hall–Kier alpha value is -3.15. The van der Waals surface area contributed by atoms with Gasteiger partial charge in [0.25, 0.3) is 0 Å². The lowest BCUT2D eigenvalue weighted by Crippen LogP contribution is -2.40. The Balaban J connectivity index is 1.51. The van der Waals surface area contributed by atoms with Gasteiger partial charge in [0.1, 0.15) is 12.2 Å². The molecule has 190 valence electrons. The second kappa shape index (κ2) is 15.2. The molecule has 0 aliphatic rings. The lowest BCUT2D eigenvalue weighted by molar-refractivity contribution is -0.0730. The van der Waals surface area contributed by atoms with Crippen molar-refractivity contribution < 1.29 is 14.2 Å². The summed E-state index contributed by atoms with van der Waals surface area (Å²) in [5.41, 5.74) is 4.45. The van der Waals surface area contributed by atoms with Gasteiger partial charge in [-0.25, -0.2) is 0 Å². The molecule has 0 aliphatic carbocycles. The van der Waals surface area contributed by atoms with Gasteiger partial charge in [-0.1, -0.05) is 133 Å². The van der Waals surface area contributed by atoms with E-state index >= 15 is 0 Å². The smallest absolute Gasteiger partial charge is 0.104 e. The van der Waals surface area contributed by atoms with Crippen LogP contribution in [0.4, 0.5) is 0 Å². The van der Waals surface area contributed by atoms with Crippen LogP contribution >= 0.6 is 12.6 Å². The van der Waals surface area contributed by atoms with Crippen molar-refractivity contribution in [1.29, 1.82) is 0 Å². The Morgan fingerprint density at radius 3 is 1.57 bits per heavy atom. The van der Waals surface area contributed by atoms with Gasteiger partial charge in [-0.15, -0.1) is 0 Å². The Labute approximate surface area is 226 Å². The van der Waals surface area contributed by atoms with E-state index in [1.54, 1.807) is 0 Å². The van der Waals surface area contributed by atoms with Gasteiger partial charge < -0.3 is 14.2 Å². The van der Waals surface area contributed by atoms with Crippen LogP contribution in [0.5, 0.6) is 0 Å². The Bertz CT molecular complexity index is 1170. The van der Waals surface area contributed by atoms with Crippen molar-refractivity contribution in [3.63, 3.8) is 0 Å². The highest BCUT2D eigenvalue weighted by Crippen LogP contribution is 2.21. The molecular weight excluding hydrogens is 476 g/mol. The molecule has 0 radical (unpaired) electrons. The fourth-order valence-electron chi connectivity index (χ4n) is 3.95. The van der Waals surface area contributed by atoms with Gasteiger partial charge in [0.2, 0.25) is 0 Å². The van der Waals surface area contributed by atoms with Gasteiger partial charge in [0, 0.05) is 0 Å². The first kappa shape index (κ1) is 26.9. The maximum absolute atomic E-state index is 6.50. The van der Waals surface area contributed by atoms with E-state index in [0.29, 0.717) is 26.4 Å². The zero-order chi connectivity index (χ0) is 25.5. The van der Waals surface area contributed by atoms with E-state index in [1.165, 1.54) is 0 Å². The van der Waals surface area contributed by atoms with Crippen molar-refractivity contribution in [2.45, 2.75) is 37.3 Å². The predicted octanol–water partition coefficient (Wildman–Crippen LogP) is 7.39. The van der Waals surface area contributed by atoms with Gasteiger partial charge >= 0.3 is 0 Å². The summed E-state index contributed by atoms with van der Waals surface area (Å²) in [6, 6.07) is 40.8. The van der Waals surface area contributed by atoms with Crippen molar-refractivity contribution in [3.05, 3.63) is 150 Å². The van der Waals surface area contributed by atoms with E-state index in [0.717, 1.165) is 22.3 Å². The van der Waals surface area contributed by atoms with Crippen LogP contribution in [-0.4, -0.2) is 24.1 Å². The van der Waals surface area contributed by atoms with Gasteiger partial charge in [-0.05, 0) is 22.3 Å². The van der Waals surface area contributed by atoms with Gasteiger partial charge in [-0.2, -0.15) is 12.6 Å². The van der Waals surface area contributed by atoms with Gasteiger partial charge in [0.05, 0.1) is 31.7 Å². The average molecular weight is 511 g/mol. The average Bonchev–Trinajstić information content (AvgIpc) is 2.96. The molecule has 37 heavy (non-hydrogen) atoms. The second-order valence-corrected chi connectivity index (χ2v) is 9.52. The predicted molar refractivity (Wildman–Crippen MR) is 154 cm³/mol. The molecule has 0 N–H and O–H groups in total. The molecule has 0 unspecified atom stereocenters. The SMILES string of the molecule is S[C@@H](COCc1ccccc1)[C@@H](OCc1ccccc1)[C@@H](/C=C/c1ccccc1)OCc1ccccc1. The molecule has 0 saturated carbocycles. The van der Waals surface area contributed by atoms with Crippen LogP contribution in [0.3, 0.4) is 0 Å². The largest absolute Gasteiger partial charge is 0.376 e. The molecule has 3 nitrogen and oxygen atoms in total. The van der Waals surface area contributed by atoms with Crippen molar-refractivity contribution in [1.82, 2.24) is 0 Å². The zero-order valence-corrected chi connectivity index (χ0v) is 21.8. The molecule has 0 amide bonds. The van der Waals surface area contributed by atoms with Crippen LogP contribution in [0.15, 0.2) is 127 Å². The molecule has 0 saturated heterocycles. The number of ether oxygens (including phenoxy) is 3. The van der Waals surface area contributed by atoms with Crippen molar-refractivity contribution in [2.24, 2.45) is 0 Å².